The second-order valence-electron chi connectivity index (χ2n) is 3.10. The van der Waals surface area contributed by atoms with Crippen LogP contribution in [-0.2, 0) is 28.9 Å². The van der Waals surface area contributed by atoms with Crippen LogP contribution < -0.4 is 0 Å². The Morgan fingerprint density at radius 1 is 1.62 bits per heavy atom. The molecule has 0 atom stereocenters. The fourth-order valence-corrected chi connectivity index (χ4v) is 1.10. The molecular weight excluding hydrogens is 411 g/mol. The van der Waals surface area contributed by atoms with E-state index in [1.165, 1.54) is 19.9 Å². The maximum atomic E-state index is 10.6. The van der Waals surface area contributed by atoms with Crippen LogP contribution in [0.3, 0.4) is 0 Å². The van der Waals surface area contributed by atoms with Crippen LogP contribution in [0.25, 0.3) is 0 Å². The molecule has 0 bridgehead atoms. The summed E-state index contributed by atoms with van der Waals surface area (Å²) in [5, 5.41) is 9.51. The molecule has 0 aliphatic carbocycles. The van der Waals surface area contributed by atoms with Crippen molar-refractivity contribution in [2.75, 3.05) is 6.61 Å². The van der Waals surface area contributed by atoms with Gasteiger partial charge in [-0.1, -0.05) is 0 Å². The fraction of sp³-hybridized carbons (Fsp3) is 0.455. The van der Waals surface area contributed by atoms with Gasteiger partial charge in [-0.2, -0.15) is 0 Å². The van der Waals surface area contributed by atoms with Gasteiger partial charge in [0, 0.05) is 0 Å². The number of carbonyl (C=O) groups excluding carboxylic acids is 1. The third-order valence-corrected chi connectivity index (χ3v) is 1.78. The number of allylic oxidation sites excluding steroid dienone is 3. The minimum atomic E-state index is -1.35. The SMILES string of the molecule is CCOC(=O)C(C)(C)O.[CH-]=C/C(Cl)=C\[CH]=[Pt]. The Hall–Kier alpha value is -0.242. The van der Waals surface area contributed by atoms with Crippen LogP contribution in [0.15, 0.2) is 17.2 Å². The van der Waals surface area contributed by atoms with Gasteiger partial charge in [-0.25, -0.2) is 4.79 Å². The standard InChI is InChI=1S/C6H12O3.C5H4Cl.Pt/c1-4-9-5(7)6(2,3)8;1-3-5(6)4-2;/h8H,4H2,1-3H3;1-4H;/q;-1;/b;5-3+;. The van der Waals surface area contributed by atoms with Crippen molar-refractivity contribution < 1.29 is 34.0 Å². The summed E-state index contributed by atoms with van der Waals surface area (Å²) in [7, 11) is 0. The molecular formula is C11H16ClO3Pt-. The molecule has 16 heavy (non-hydrogen) atoms. The predicted molar refractivity (Wildman–Crippen MR) is 61.8 cm³/mol. The summed E-state index contributed by atoms with van der Waals surface area (Å²) in [5.74, 6) is -0.579. The molecule has 5 heteroatoms. The molecule has 96 valence electrons. The molecule has 0 aliphatic heterocycles. The summed E-state index contributed by atoms with van der Waals surface area (Å²) in [5.41, 5.74) is -1.35. The number of carbonyl (C=O) groups is 1. The molecule has 0 unspecified atom stereocenters. The number of hydrogen-bond acceptors (Lipinski definition) is 3. The van der Waals surface area contributed by atoms with Crippen molar-refractivity contribution in [3.8, 4) is 0 Å². The summed E-state index contributed by atoms with van der Waals surface area (Å²) in [6, 6.07) is 0. The van der Waals surface area contributed by atoms with Crippen molar-refractivity contribution in [2.24, 2.45) is 0 Å². The van der Waals surface area contributed by atoms with Crippen LogP contribution in [0.5, 0.6) is 0 Å². The van der Waals surface area contributed by atoms with Gasteiger partial charge < -0.3 is 9.84 Å². The van der Waals surface area contributed by atoms with Crippen molar-refractivity contribution in [3.05, 3.63) is 23.8 Å². The van der Waals surface area contributed by atoms with Crippen molar-refractivity contribution in [1.29, 1.82) is 0 Å². The van der Waals surface area contributed by atoms with Gasteiger partial charge in [0.25, 0.3) is 0 Å². The van der Waals surface area contributed by atoms with Crippen molar-refractivity contribution in [2.45, 2.75) is 26.4 Å². The Bertz CT molecular complexity index is 267. The predicted octanol–water partition coefficient (Wildman–Crippen LogP) is 1.77. The summed E-state index contributed by atoms with van der Waals surface area (Å²) in [6.07, 6.45) is 3.06. The van der Waals surface area contributed by atoms with E-state index in [9.17, 15) is 4.79 Å². The van der Waals surface area contributed by atoms with E-state index >= 15 is 0 Å². The van der Waals surface area contributed by atoms with Crippen LogP contribution >= 0.6 is 11.6 Å². The average molecular weight is 427 g/mol. The molecule has 0 rings (SSSR count). The topological polar surface area (TPSA) is 46.5 Å². The molecule has 0 amide bonds. The normalized spacial score (nSPS) is 11.1. The minimum absolute atomic E-state index is 0.308. The summed E-state index contributed by atoms with van der Waals surface area (Å²) in [4.78, 5) is 10.6. The van der Waals surface area contributed by atoms with Gasteiger partial charge in [0.05, 0.1) is 6.61 Å². The van der Waals surface area contributed by atoms with Gasteiger partial charge in [0.2, 0.25) is 0 Å². The zero-order valence-electron chi connectivity index (χ0n) is 9.47. The number of aliphatic hydroxyl groups is 1. The van der Waals surface area contributed by atoms with E-state index in [1.807, 2.05) is 0 Å². The fourth-order valence-electron chi connectivity index (χ4n) is 0.414. The molecule has 3 nitrogen and oxygen atoms in total. The number of rotatable bonds is 4. The molecule has 0 spiro atoms. The molecule has 0 radical (unpaired) electrons. The first kappa shape index (κ1) is 18.1. The average Bonchev–Trinajstić information content (AvgIpc) is 2.18. The molecule has 0 heterocycles. The molecule has 0 aromatic rings. The molecule has 0 aliphatic rings. The van der Waals surface area contributed by atoms with Crippen LogP contribution in [0.1, 0.15) is 20.8 Å². The number of hydrogen-bond donors (Lipinski definition) is 1. The number of ether oxygens (including phenoxy) is 1. The second kappa shape index (κ2) is 9.95. The van der Waals surface area contributed by atoms with Gasteiger partial charge in [-0.15, -0.1) is 0 Å². The third-order valence-electron chi connectivity index (χ3n) is 1.15. The zero-order valence-corrected chi connectivity index (χ0v) is 12.5. The van der Waals surface area contributed by atoms with Crippen LogP contribution in [0.2, 0.25) is 0 Å². The Balaban J connectivity index is 0. The first-order valence-electron chi connectivity index (χ1n) is 4.49. The van der Waals surface area contributed by atoms with E-state index in [-0.39, 0.29) is 0 Å². The van der Waals surface area contributed by atoms with Crippen molar-refractivity contribution in [1.82, 2.24) is 0 Å². The van der Waals surface area contributed by atoms with E-state index in [0.717, 1.165) is 0 Å². The van der Waals surface area contributed by atoms with Crippen molar-refractivity contribution in [3.63, 3.8) is 0 Å². The monoisotopic (exact) mass is 426 g/mol. The first-order valence-corrected chi connectivity index (χ1v) is 6.18. The van der Waals surface area contributed by atoms with Gasteiger partial charge in [-0.3, -0.25) is 0 Å². The van der Waals surface area contributed by atoms with Crippen LogP contribution in [-0.4, -0.2) is 27.7 Å². The van der Waals surface area contributed by atoms with E-state index in [2.05, 4.69) is 24.1 Å². The molecule has 0 aromatic carbocycles. The Kier molecular flexibility index (Phi) is 11.3. The molecule has 0 aromatic heterocycles. The number of esters is 1. The number of halogens is 1. The van der Waals surface area contributed by atoms with Gasteiger partial charge in [0.15, 0.2) is 5.60 Å². The van der Waals surface area contributed by atoms with E-state index < -0.39 is 11.6 Å². The summed E-state index contributed by atoms with van der Waals surface area (Å²) < 4.78 is 6.31. The second-order valence-corrected chi connectivity index (χ2v) is 4.30. The summed E-state index contributed by atoms with van der Waals surface area (Å²) in [6.45, 7) is 9.80. The maximum absolute atomic E-state index is 10.6. The van der Waals surface area contributed by atoms with E-state index in [4.69, 9.17) is 23.3 Å². The van der Waals surface area contributed by atoms with Gasteiger partial charge in [-0.05, 0) is 20.8 Å². The summed E-state index contributed by atoms with van der Waals surface area (Å²) >= 11 is 7.46. The Morgan fingerprint density at radius 3 is 2.25 bits per heavy atom. The molecule has 0 fully saturated rings. The van der Waals surface area contributed by atoms with Crippen LogP contribution in [0, 0.1) is 6.58 Å². The first-order chi connectivity index (χ1) is 7.29. The van der Waals surface area contributed by atoms with Crippen molar-refractivity contribution >= 4 is 22.0 Å². The Morgan fingerprint density at radius 2 is 2.12 bits per heavy atom. The van der Waals surface area contributed by atoms with E-state index in [1.54, 1.807) is 17.4 Å². The van der Waals surface area contributed by atoms with Gasteiger partial charge in [0.1, 0.15) is 0 Å². The zero-order chi connectivity index (χ0) is 13.2. The van der Waals surface area contributed by atoms with Gasteiger partial charge >= 0.3 is 65.1 Å². The molecule has 0 saturated heterocycles. The Labute approximate surface area is 113 Å². The molecule has 1 N–H and O–H groups in total. The molecule has 0 saturated carbocycles. The third kappa shape index (κ3) is 11.8. The quantitative estimate of drug-likeness (QED) is 0.423. The van der Waals surface area contributed by atoms with Crippen LogP contribution in [0.4, 0.5) is 0 Å². The van der Waals surface area contributed by atoms with E-state index in [0.29, 0.717) is 11.6 Å².